The highest BCUT2D eigenvalue weighted by Crippen LogP contribution is 2.37. The number of hydrogen-bond donors (Lipinski definition) is 2. The Labute approximate surface area is 147 Å². The van der Waals surface area contributed by atoms with Crippen LogP contribution in [0.2, 0.25) is 0 Å². The molecule has 1 saturated heterocycles. The van der Waals surface area contributed by atoms with Crippen LogP contribution in [0, 0.1) is 5.92 Å². The van der Waals surface area contributed by atoms with Crippen LogP contribution >= 0.6 is 0 Å². The van der Waals surface area contributed by atoms with Gasteiger partial charge >= 0.3 is 0 Å². The van der Waals surface area contributed by atoms with Crippen LogP contribution in [-0.4, -0.2) is 43.9 Å². The summed E-state index contributed by atoms with van der Waals surface area (Å²) in [6, 6.07) is 4.85. The number of sulfonamides is 1. The summed E-state index contributed by atoms with van der Waals surface area (Å²) in [6.45, 7) is 3.59. The smallest absolute Gasteiger partial charge is 0.241 e. The van der Waals surface area contributed by atoms with E-state index >= 15 is 0 Å². The molecule has 0 unspecified atom stereocenters. The predicted octanol–water partition coefficient (Wildman–Crippen LogP) is 1.87. The van der Waals surface area contributed by atoms with Gasteiger partial charge in [-0.05, 0) is 56.7 Å². The third-order valence-corrected chi connectivity index (χ3v) is 6.83. The van der Waals surface area contributed by atoms with E-state index in [2.05, 4.69) is 14.8 Å². The van der Waals surface area contributed by atoms with E-state index in [4.69, 9.17) is 4.52 Å². The summed E-state index contributed by atoms with van der Waals surface area (Å²) in [5.74, 6) is 0.867. The molecule has 1 aromatic carbocycles. The molecule has 8 heteroatoms. The van der Waals surface area contributed by atoms with Crippen molar-refractivity contribution in [3.8, 4) is 0 Å². The van der Waals surface area contributed by atoms with Crippen molar-refractivity contribution >= 4 is 26.8 Å². The standard InChI is InChI=1S/C17H23N3O4S/c1-17(6-7-17)19-25(22,23)13-4-5-15-14(9-13)16(18-24-15)20-8-2-3-12(10-20)11-21/h4-5,9,12,19,21H,2-3,6-8,10-11H2,1H3/t12-/m0/s1. The van der Waals surface area contributed by atoms with Crippen molar-refractivity contribution < 1.29 is 18.0 Å². The predicted molar refractivity (Wildman–Crippen MR) is 94.0 cm³/mol. The fraction of sp³-hybridized carbons (Fsp3) is 0.588. The van der Waals surface area contributed by atoms with Crippen molar-refractivity contribution in [3.63, 3.8) is 0 Å². The molecular formula is C17H23N3O4S. The third-order valence-electron chi connectivity index (χ3n) is 5.19. The van der Waals surface area contributed by atoms with Crippen LogP contribution in [0.3, 0.4) is 0 Å². The Bertz CT molecular complexity index is 888. The van der Waals surface area contributed by atoms with Gasteiger partial charge in [0.1, 0.15) is 0 Å². The SMILES string of the molecule is CC1(NS(=O)(=O)c2ccc3onc(N4CCC[C@H](CO)C4)c3c2)CC1. The van der Waals surface area contributed by atoms with E-state index in [1.54, 1.807) is 18.2 Å². The normalized spacial score (nSPS) is 23.1. The van der Waals surface area contributed by atoms with Gasteiger partial charge in [-0.3, -0.25) is 0 Å². The van der Waals surface area contributed by atoms with Crippen molar-refractivity contribution in [2.75, 3.05) is 24.6 Å². The Hall–Kier alpha value is -1.64. The highest BCUT2D eigenvalue weighted by Gasteiger charge is 2.41. The van der Waals surface area contributed by atoms with Gasteiger partial charge in [0.25, 0.3) is 0 Å². The molecule has 0 spiro atoms. The van der Waals surface area contributed by atoms with Gasteiger partial charge in [0, 0.05) is 25.2 Å². The van der Waals surface area contributed by atoms with Crippen LogP contribution in [0.5, 0.6) is 0 Å². The van der Waals surface area contributed by atoms with Gasteiger partial charge in [-0.15, -0.1) is 0 Å². The average molecular weight is 365 g/mol. The van der Waals surface area contributed by atoms with Crippen LogP contribution in [0.15, 0.2) is 27.6 Å². The second-order valence-electron chi connectivity index (χ2n) is 7.47. The molecule has 2 aliphatic rings. The fourth-order valence-electron chi connectivity index (χ4n) is 3.38. The van der Waals surface area contributed by atoms with Gasteiger partial charge in [-0.1, -0.05) is 5.16 Å². The zero-order valence-corrected chi connectivity index (χ0v) is 15.1. The van der Waals surface area contributed by atoms with Crippen molar-refractivity contribution in [2.45, 2.75) is 43.0 Å². The van der Waals surface area contributed by atoms with E-state index in [-0.39, 0.29) is 23.0 Å². The van der Waals surface area contributed by atoms with Crippen LogP contribution in [-0.2, 0) is 10.0 Å². The number of aliphatic hydroxyl groups excluding tert-OH is 1. The number of rotatable bonds is 5. The van der Waals surface area contributed by atoms with Gasteiger partial charge in [0.2, 0.25) is 10.0 Å². The molecule has 1 aromatic heterocycles. The zero-order valence-electron chi connectivity index (χ0n) is 14.2. The van der Waals surface area contributed by atoms with E-state index in [0.29, 0.717) is 23.3 Å². The van der Waals surface area contributed by atoms with Crippen LogP contribution in [0.4, 0.5) is 5.82 Å². The summed E-state index contributed by atoms with van der Waals surface area (Å²) in [6.07, 6.45) is 3.69. The largest absolute Gasteiger partial charge is 0.396 e. The molecule has 25 heavy (non-hydrogen) atoms. The summed E-state index contributed by atoms with van der Waals surface area (Å²) >= 11 is 0. The fourth-order valence-corrected chi connectivity index (χ4v) is 4.87. The lowest BCUT2D eigenvalue weighted by Crippen LogP contribution is -2.37. The lowest BCUT2D eigenvalue weighted by molar-refractivity contribution is 0.208. The number of aromatic nitrogens is 1. The Morgan fingerprint density at radius 1 is 1.44 bits per heavy atom. The number of fused-ring (bicyclic) bond motifs is 1. The maximum Gasteiger partial charge on any atom is 0.241 e. The monoisotopic (exact) mass is 365 g/mol. The number of anilines is 1. The molecule has 1 saturated carbocycles. The van der Waals surface area contributed by atoms with Crippen molar-refractivity contribution in [1.82, 2.24) is 9.88 Å². The molecule has 0 radical (unpaired) electrons. The number of piperidine rings is 1. The van der Waals surface area contributed by atoms with Crippen molar-refractivity contribution in [2.24, 2.45) is 5.92 Å². The Kier molecular flexibility index (Phi) is 4.01. The van der Waals surface area contributed by atoms with Crippen molar-refractivity contribution in [3.05, 3.63) is 18.2 Å². The minimum absolute atomic E-state index is 0.147. The molecule has 4 rings (SSSR count). The lowest BCUT2D eigenvalue weighted by atomic mass is 9.99. The van der Waals surface area contributed by atoms with E-state index in [1.807, 2.05) is 6.92 Å². The van der Waals surface area contributed by atoms with E-state index < -0.39 is 10.0 Å². The maximum absolute atomic E-state index is 12.6. The maximum atomic E-state index is 12.6. The molecule has 0 amide bonds. The minimum atomic E-state index is -3.57. The summed E-state index contributed by atoms with van der Waals surface area (Å²) in [7, 11) is -3.57. The van der Waals surface area contributed by atoms with Gasteiger partial charge in [-0.2, -0.15) is 0 Å². The van der Waals surface area contributed by atoms with Crippen molar-refractivity contribution in [1.29, 1.82) is 0 Å². The van der Waals surface area contributed by atoms with Gasteiger partial charge in [0.05, 0.1) is 10.3 Å². The minimum Gasteiger partial charge on any atom is -0.396 e. The van der Waals surface area contributed by atoms with Gasteiger partial charge in [-0.25, -0.2) is 13.1 Å². The zero-order chi connectivity index (χ0) is 17.7. The average Bonchev–Trinajstić information content (AvgIpc) is 3.16. The second-order valence-corrected chi connectivity index (χ2v) is 9.15. The highest BCUT2D eigenvalue weighted by atomic mass is 32.2. The molecule has 136 valence electrons. The Balaban J connectivity index is 1.68. The molecular weight excluding hydrogens is 342 g/mol. The summed E-state index contributed by atoms with van der Waals surface area (Å²) in [5.41, 5.74) is 0.254. The molecule has 2 N–H and O–H groups in total. The Morgan fingerprint density at radius 2 is 2.24 bits per heavy atom. The number of hydrogen-bond acceptors (Lipinski definition) is 6. The second kappa shape index (κ2) is 5.96. The first-order chi connectivity index (χ1) is 11.9. The molecule has 2 aromatic rings. The quantitative estimate of drug-likeness (QED) is 0.840. The molecule has 0 bridgehead atoms. The topological polar surface area (TPSA) is 95.7 Å². The molecule has 1 aliphatic heterocycles. The number of aliphatic hydroxyl groups is 1. The third kappa shape index (κ3) is 3.26. The van der Waals surface area contributed by atoms with E-state index in [1.165, 1.54) is 0 Å². The van der Waals surface area contributed by atoms with Crippen LogP contribution < -0.4 is 9.62 Å². The highest BCUT2D eigenvalue weighted by molar-refractivity contribution is 7.89. The first-order valence-corrected chi connectivity index (χ1v) is 10.2. The molecule has 1 atom stereocenters. The van der Waals surface area contributed by atoms with Gasteiger partial charge < -0.3 is 14.5 Å². The molecule has 7 nitrogen and oxygen atoms in total. The summed E-state index contributed by atoms with van der Waals surface area (Å²) in [4.78, 5) is 2.30. The van der Waals surface area contributed by atoms with E-state index in [0.717, 1.165) is 32.2 Å². The summed E-state index contributed by atoms with van der Waals surface area (Å²) < 4.78 is 33.4. The van der Waals surface area contributed by atoms with Crippen LogP contribution in [0.1, 0.15) is 32.6 Å². The molecule has 1 aliphatic carbocycles. The molecule has 2 fully saturated rings. The number of benzene rings is 1. The number of nitrogens with zero attached hydrogens (tertiary/aromatic N) is 2. The van der Waals surface area contributed by atoms with Gasteiger partial charge in [0.15, 0.2) is 11.4 Å². The molecule has 2 heterocycles. The first-order valence-electron chi connectivity index (χ1n) is 8.69. The van der Waals surface area contributed by atoms with Crippen LogP contribution in [0.25, 0.3) is 11.0 Å². The summed E-state index contributed by atoms with van der Waals surface area (Å²) in [5, 5.41) is 14.3. The number of nitrogens with one attached hydrogen (secondary N) is 1. The first kappa shape index (κ1) is 16.8. The Morgan fingerprint density at radius 3 is 2.96 bits per heavy atom. The van der Waals surface area contributed by atoms with E-state index in [9.17, 15) is 13.5 Å². The lowest BCUT2D eigenvalue weighted by Gasteiger charge is -2.31.